The largest absolute Gasteiger partial charge is 0.496 e. The molecule has 0 radical (unpaired) electrons. The third kappa shape index (κ3) is 2.54. The van der Waals surface area contributed by atoms with Crippen LogP contribution < -0.4 is 4.74 Å². The third-order valence-electron chi connectivity index (χ3n) is 2.86. The maximum absolute atomic E-state index is 6.15. The van der Waals surface area contributed by atoms with Crippen molar-refractivity contribution in [3.05, 3.63) is 44.6 Å². The molecule has 0 amide bonds. The molecule has 0 atom stereocenters. The summed E-state index contributed by atoms with van der Waals surface area (Å²) in [5, 5.41) is 5.15. The van der Waals surface area contributed by atoms with Crippen LogP contribution in [0.2, 0.25) is 5.02 Å². The van der Waals surface area contributed by atoms with E-state index in [1.54, 1.807) is 7.11 Å². The molecular formula is C13H14BrClN2O. The third-order valence-corrected chi connectivity index (χ3v) is 3.90. The number of nitrogens with zero attached hydrogens (tertiary/aromatic N) is 2. The minimum absolute atomic E-state index is 0.641. The Balaban J connectivity index is 2.39. The number of ether oxygens (including phenoxy) is 1. The van der Waals surface area contributed by atoms with Crippen molar-refractivity contribution in [1.82, 2.24) is 9.78 Å². The molecule has 1 aromatic carbocycles. The summed E-state index contributed by atoms with van der Waals surface area (Å²) in [4.78, 5) is 0. The number of benzene rings is 1. The molecule has 0 aliphatic carbocycles. The van der Waals surface area contributed by atoms with Crippen LogP contribution in [0.3, 0.4) is 0 Å². The molecule has 0 aliphatic rings. The van der Waals surface area contributed by atoms with Crippen LogP contribution in [0.25, 0.3) is 0 Å². The van der Waals surface area contributed by atoms with Gasteiger partial charge >= 0.3 is 0 Å². The summed E-state index contributed by atoms with van der Waals surface area (Å²) in [6.45, 7) is 4.51. The zero-order valence-corrected chi connectivity index (χ0v) is 12.8. The van der Waals surface area contributed by atoms with Crippen molar-refractivity contribution in [2.45, 2.75) is 20.4 Å². The highest BCUT2D eigenvalue weighted by atomic mass is 79.9. The summed E-state index contributed by atoms with van der Waals surface area (Å²) >= 11 is 9.61. The summed E-state index contributed by atoms with van der Waals surface area (Å²) < 4.78 is 8.26. The van der Waals surface area contributed by atoms with Crippen LogP contribution >= 0.6 is 27.5 Å². The molecule has 0 aliphatic heterocycles. The SMILES string of the molecule is COc1ccc(Br)cc1Cn1nc(C)c(Cl)c1C. The fourth-order valence-electron chi connectivity index (χ4n) is 1.86. The molecule has 5 heteroatoms. The van der Waals surface area contributed by atoms with E-state index in [1.807, 2.05) is 36.7 Å². The van der Waals surface area contributed by atoms with E-state index in [1.165, 1.54) is 0 Å². The lowest BCUT2D eigenvalue weighted by Gasteiger charge is -2.10. The van der Waals surface area contributed by atoms with Crippen LogP contribution in [0.4, 0.5) is 0 Å². The fourth-order valence-corrected chi connectivity index (χ4v) is 2.40. The van der Waals surface area contributed by atoms with Gasteiger partial charge in [-0.15, -0.1) is 0 Å². The van der Waals surface area contributed by atoms with Gasteiger partial charge in [-0.25, -0.2) is 0 Å². The number of hydrogen-bond donors (Lipinski definition) is 0. The van der Waals surface area contributed by atoms with Crippen LogP contribution in [-0.2, 0) is 6.54 Å². The van der Waals surface area contributed by atoms with Crippen molar-refractivity contribution in [3.8, 4) is 5.75 Å². The monoisotopic (exact) mass is 328 g/mol. The van der Waals surface area contributed by atoms with Gasteiger partial charge in [0.1, 0.15) is 5.75 Å². The van der Waals surface area contributed by atoms with Crippen LogP contribution in [-0.4, -0.2) is 16.9 Å². The van der Waals surface area contributed by atoms with Gasteiger partial charge in [-0.2, -0.15) is 5.10 Å². The highest BCUT2D eigenvalue weighted by molar-refractivity contribution is 9.10. The van der Waals surface area contributed by atoms with E-state index in [2.05, 4.69) is 21.0 Å². The van der Waals surface area contributed by atoms with E-state index < -0.39 is 0 Å². The molecule has 0 spiro atoms. The van der Waals surface area contributed by atoms with Gasteiger partial charge in [0.25, 0.3) is 0 Å². The van der Waals surface area contributed by atoms with Gasteiger partial charge in [-0.1, -0.05) is 27.5 Å². The van der Waals surface area contributed by atoms with Crippen molar-refractivity contribution in [1.29, 1.82) is 0 Å². The summed E-state index contributed by atoms with van der Waals surface area (Å²) in [6.07, 6.45) is 0. The van der Waals surface area contributed by atoms with E-state index >= 15 is 0 Å². The van der Waals surface area contributed by atoms with Crippen molar-refractivity contribution >= 4 is 27.5 Å². The molecule has 0 unspecified atom stereocenters. The lowest BCUT2D eigenvalue weighted by molar-refractivity contribution is 0.407. The van der Waals surface area contributed by atoms with Gasteiger partial charge in [0, 0.05) is 10.0 Å². The summed E-state index contributed by atoms with van der Waals surface area (Å²) in [7, 11) is 1.67. The first-order valence-electron chi connectivity index (χ1n) is 5.55. The predicted octanol–water partition coefficient (Wildman–Crippen LogP) is 3.97. The zero-order chi connectivity index (χ0) is 13.3. The molecule has 0 fully saturated rings. The van der Waals surface area contributed by atoms with Gasteiger partial charge in [0.05, 0.1) is 30.1 Å². The van der Waals surface area contributed by atoms with E-state index in [0.29, 0.717) is 6.54 Å². The van der Waals surface area contributed by atoms with E-state index in [0.717, 1.165) is 32.2 Å². The van der Waals surface area contributed by atoms with Gasteiger partial charge in [-0.3, -0.25) is 4.68 Å². The number of aryl methyl sites for hydroxylation is 1. The molecular weight excluding hydrogens is 316 g/mol. The van der Waals surface area contributed by atoms with Gasteiger partial charge in [-0.05, 0) is 32.0 Å². The molecule has 0 saturated heterocycles. The molecule has 3 nitrogen and oxygen atoms in total. The molecule has 18 heavy (non-hydrogen) atoms. The number of aromatic nitrogens is 2. The fraction of sp³-hybridized carbons (Fsp3) is 0.308. The smallest absolute Gasteiger partial charge is 0.124 e. The minimum Gasteiger partial charge on any atom is -0.496 e. The number of hydrogen-bond acceptors (Lipinski definition) is 2. The second kappa shape index (κ2) is 5.33. The number of halogens is 2. The van der Waals surface area contributed by atoms with Gasteiger partial charge < -0.3 is 4.74 Å². The van der Waals surface area contributed by atoms with E-state index in [9.17, 15) is 0 Å². The topological polar surface area (TPSA) is 27.1 Å². The Morgan fingerprint density at radius 3 is 2.67 bits per heavy atom. The van der Waals surface area contributed by atoms with E-state index in [4.69, 9.17) is 16.3 Å². The molecule has 2 rings (SSSR count). The quantitative estimate of drug-likeness (QED) is 0.852. The Labute approximate surface area is 120 Å². The Bertz CT molecular complexity index is 581. The highest BCUT2D eigenvalue weighted by Gasteiger charge is 2.11. The maximum Gasteiger partial charge on any atom is 0.124 e. The lowest BCUT2D eigenvalue weighted by Crippen LogP contribution is -2.05. The number of methoxy groups -OCH3 is 1. The maximum atomic E-state index is 6.15. The molecule has 2 aromatic rings. The van der Waals surface area contributed by atoms with E-state index in [-0.39, 0.29) is 0 Å². The van der Waals surface area contributed by atoms with Crippen LogP contribution in [0, 0.1) is 13.8 Å². The summed E-state index contributed by atoms with van der Waals surface area (Å²) in [5.41, 5.74) is 2.88. The van der Waals surface area contributed by atoms with Crippen molar-refractivity contribution in [3.63, 3.8) is 0 Å². The average molecular weight is 330 g/mol. The zero-order valence-electron chi connectivity index (χ0n) is 10.5. The van der Waals surface area contributed by atoms with Crippen LogP contribution in [0.1, 0.15) is 17.0 Å². The normalized spacial score (nSPS) is 10.7. The molecule has 1 aromatic heterocycles. The van der Waals surface area contributed by atoms with Crippen molar-refractivity contribution in [2.75, 3.05) is 7.11 Å². The molecule has 96 valence electrons. The summed E-state index contributed by atoms with van der Waals surface area (Å²) in [5.74, 6) is 0.849. The second-order valence-electron chi connectivity index (χ2n) is 4.10. The highest BCUT2D eigenvalue weighted by Crippen LogP contribution is 2.26. The first-order valence-corrected chi connectivity index (χ1v) is 6.72. The lowest BCUT2D eigenvalue weighted by atomic mass is 10.2. The van der Waals surface area contributed by atoms with Crippen molar-refractivity contribution in [2.24, 2.45) is 0 Å². The molecule has 0 N–H and O–H groups in total. The Morgan fingerprint density at radius 2 is 2.11 bits per heavy atom. The van der Waals surface area contributed by atoms with Crippen LogP contribution in [0.5, 0.6) is 5.75 Å². The Kier molecular flexibility index (Phi) is 3.97. The molecule has 0 saturated carbocycles. The average Bonchev–Trinajstić information content (AvgIpc) is 2.57. The first-order chi connectivity index (χ1) is 8.52. The Hall–Kier alpha value is -1.00. The minimum atomic E-state index is 0.641. The Morgan fingerprint density at radius 1 is 1.39 bits per heavy atom. The van der Waals surface area contributed by atoms with Gasteiger partial charge in [0.15, 0.2) is 0 Å². The van der Waals surface area contributed by atoms with Crippen molar-refractivity contribution < 1.29 is 4.74 Å². The summed E-state index contributed by atoms with van der Waals surface area (Å²) in [6, 6.07) is 5.92. The standard InChI is InChI=1S/C13H14BrClN2O/c1-8-13(15)9(2)17(16-8)7-10-6-11(14)4-5-12(10)18-3/h4-6H,7H2,1-3H3. The van der Waals surface area contributed by atoms with Crippen LogP contribution in [0.15, 0.2) is 22.7 Å². The molecule has 1 heterocycles. The molecule has 0 bridgehead atoms. The van der Waals surface area contributed by atoms with Gasteiger partial charge in [0.2, 0.25) is 0 Å². The number of rotatable bonds is 3. The first kappa shape index (κ1) is 13.4. The second-order valence-corrected chi connectivity index (χ2v) is 5.39. The predicted molar refractivity (Wildman–Crippen MR) is 76.5 cm³/mol.